The number of amides is 1. The second-order valence-corrected chi connectivity index (χ2v) is 4.74. The first kappa shape index (κ1) is 14.6. The molecule has 1 amide bonds. The summed E-state index contributed by atoms with van der Waals surface area (Å²) in [7, 11) is 0. The number of nitro groups is 1. The van der Waals surface area contributed by atoms with Crippen molar-refractivity contribution in [3.05, 3.63) is 38.3 Å². The third kappa shape index (κ3) is 4.10. The minimum absolute atomic E-state index is 0.101. The largest absolute Gasteiger partial charge is 0.352 e. The number of halogens is 1. The Morgan fingerprint density at radius 3 is 2.78 bits per heavy atom. The van der Waals surface area contributed by atoms with Gasteiger partial charge in [-0.15, -0.1) is 0 Å². The molecule has 6 heteroatoms. The summed E-state index contributed by atoms with van der Waals surface area (Å²) in [6.07, 6.45) is 3.06. The van der Waals surface area contributed by atoms with Crippen molar-refractivity contribution in [1.82, 2.24) is 5.32 Å². The summed E-state index contributed by atoms with van der Waals surface area (Å²) in [5.74, 6) is -0.276. The topological polar surface area (TPSA) is 72.2 Å². The van der Waals surface area contributed by atoms with Crippen molar-refractivity contribution in [3.8, 4) is 0 Å². The molecule has 0 aromatic heterocycles. The van der Waals surface area contributed by atoms with Crippen molar-refractivity contribution < 1.29 is 9.72 Å². The van der Waals surface area contributed by atoms with Gasteiger partial charge in [-0.3, -0.25) is 14.9 Å². The van der Waals surface area contributed by atoms with E-state index >= 15 is 0 Å². The van der Waals surface area contributed by atoms with Gasteiger partial charge in [0, 0.05) is 18.2 Å². The first-order chi connectivity index (χ1) is 8.56. The Kier molecular flexibility index (Phi) is 5.77. The normalized spacial score (nSPS) is 10.1. The van der Waals surface area contributed by atoms with Crippen LogP contribution in [-0.2, 0) is 0 Å². The van der Waals surface area contributed by atoms with Gasteiger partial charge in [-0.05, 0) is 34.5 Å². The third-order valence-corrected chi connectivity index (χ3v) is 3.14. The zero-order valence-corrected chi connectivity index (χ0v) is 11.7. The Hall–Kier alpha value is -1.43. The van der Waals surface area contributed by atoms with Crippen LogP contribution in [0.3, 0.4) is 0 Å². The number of hydrogen-bond donors (Lipinski definition) is 1. The number of nitrogens with one attached hydrogen (secondary N) is 1. The standard InChI is InChI=1S/C12H15BrN2O3/c1-2-3-4-7-14-12(16)9-5-6-10(13)11(8-9)15(17)18/h5-6,8H,2-4,7H2,1H3,(H,14,16). The summed E-state index contributed by atoms with van der Waals surface area (Å²) in [5, 5.41) is 13.5. The Balaban J connectivity index is 2.68. The minimum atomic E-state index is -0.516. The molecular formula is C12H15BrN2O3. The van der Waals surface area contributed by atoms with Crippen molar-refractivity contribution in [1.29, 1.82) is 0 Å². The molecule has 0 saturated carbocycles. The number of rotatable bonds is 6. The van der Waals surface area contributed by atoms with Gasteiger partial charge in [-0.25, -0.2) is 0 Å². The first-order valence-electron chi connectivity index (χ1n) is 5.78. The summed E-state index contributed by atoms with van der Waals surface area (Å²) in [4.78, 5) is 22.0. The molecule has 0 saturated heterocycles. The van der Waals surface area contributed by atoms with E-state index in [0.29, 0.717) is 16.6 Å². The second kappa shape index (κ2) is 7.10. The maximum atomic E-state index is 11.7. The van der Waals surface area contributed by atoms with E-state index in [1.807, 2.05) is 0 Å². The average Bonchev–Trinajstić information content (AvgIpc) is 2.34. The monoisotopic (exact) mass is 314 g/mol. The van der Waals surface area contributed by atoms with E-state index in [1.165, 1.54) is 12.1 Å². The maximum absolute atomic E-state index is 11.7. The van der Waals surface area contributed by atoms with Gasteiger partial charge in [-0.2, -0.15) is 0 Å². The van der Waals surface area contributed by atoms with Crippen LogP contribution in [0.25, 0.3) is 0 Å². The van der Waals surface area contributed by atoms with Gasteiger partial charge < -0.3 is 5.32 Å². The molecule has 1 aromatic carbocycles. The minimum Gasteiger partial charge on any atom is -0.352 e. The highest BCUT2D eigenvalue weighted by Gasteiger charge is 2.15. The predicted molar refractivity (Wildman–Crippen MR) is 72.7 cm³/mol. The van der Waals surface area contributed by atoms with Crippen LogP contribution in [0, 0.1) is 10.1 Å². The number of unbranched alkanes of at least 4 members (excludes halogenated alkanes) is 2. The highest BCUT2D eigenvalue weighted by Crippen LogP contribution is 2.25. The Bertz CT molecular complexity index is 449. The van der Waals surface area contributed by atoms with Crippen molar-refractivity contribution in [3.63, 3.8) is 0 Å². The molecule has 0 heterocycles. The van der Waals surface area contributed by atoms with Gasteiger partial charge in [0.2, 0.25) is 0 Å². The van der Waals surface area contributed by atoms with Crippen molar-refractivity contribution >= 4 is 27.5 Å². The molecular weight excluding hydrogens is 300 g/mol. The van der Waals surface area contributed by atoms with Crippen LogP contribution in [0.4, 0.5) is 5.69 Å². The molecule has 0 spiro atoms. The number of carbonyl (C=O) groups is 1. The van der Waals surface area contributed by atoms with E-state index < -0.39 is 4.92 Å². The zero-order chi connectivity index (χ0) is 13.5. The number of hydrogen-bond acceptors (Lipinski definition) is 3. The Labute approximate surface area is 114 Å². The summed E-state index contributed by atoms with van der Waals surface area (Å²) < 4.78 is 0.370. The molecule has 0 unspecified atom stereocenters. The lowest BCUT2D eigenvalue weighted by Crippen LogP contribution is -2.24. The van der Waals surface area contributed by atoms with Crippen molar-refractivity contribution in [2.45, 2.75) is 26.2 Å². The predicted octanol–water partition coefficient (Wildman–Crippen LogP) is 3.28. The van der Waals surface area contributed by atoms with Gasteiger partial charge in [0.25, 0.3) is 11.6 Å². The lowest BCUT2D eigenvalue weighted by Gasteiger charge is -2.05. The van der Waals surface area contributed by atoms with Gasteiger partial charge in [0.15, 0.2) is 0 Å². The Morgan fingerprint density at radius 1 is 1.44 bits per heavy atom. The van der Waals surface area contributed by atoms with Crippen LogP contribution in [-0.4, -0.2) is 17.4 Å². The highest BCUT2D eigenvalue weighted by atomic mass is 79.9. The lowest BCUT2D eigenvalue weighted by molar-refractivity contribution is -0.385. The number of benzene rings is 1. The van der Waals surface area contributed by atoms with E-state index in [0.717, 1.165) is 19.3 Å². The highest BCUT2D eigenvalue weighted by molar-refractivity contribution is 9.10. The van der Waals surface area contributed by atoms with Crippen molar-refractivity contribution in [2.24, 2.45) is 0 Å². The molecule has 0 atom stereocenters. The van der Waals surface area contributed by atoms with Crippen molar-refractivity contribution in [2.75, 3.05) is 6.54 Å². The summed E-state index contributed by atoms with van der Waals surface area (Å²) in [5.41, 5.74) is 0.206. The average molecular weight is 315 g/mol. The molecule has 0 fully saturated rings. The zero-order valence-electron chi connectivity index (χ0n) is 10.1. The second-order valence-electron chi connectivity index (χ2n) is 3.89. The molecule has 0 aliphatic heterocycles. The fourth-order valence-electron chi connectivity index (χ4n) is 1.47. The Morgan fingerprint density at radius 2 is 2.17 bits per heavy atom. The maximum Gasteiger partial charge on any atom is 0.284 e. The molecule has 1 aromatic rings. The molecule has 1 N–H and O–H groups in total. The molecule has 1 rings (SSSR count). The molecule has 0 aliphatic rings. The fourth-order valence-corrected chi connectivity index (χ4v) is 1.86. The van der Waals surface area contributed by atoms with Crippen LogP contribution in [0.2, 0.25) is 0 Å². The number of nitrogens with zero attached hydrogens (tertiary/aromatic N) is 1. The first-order valence-corrected chi connectivity index (χ1v) is 6.57. The fraction of sp³-hybridized carbons (Fsp3) is 0.417. The summed E-state index contributed by atoms with van der Waals surface area (Å²) >= 11 is 3.08. The SMILES string of the molecule is CCCCCNC(=O)c1ccc(Br)c([N+](=O)[O-])c1. The molecule has 0 radical (unpaired) electrons. The number of carbonyl (C=O) groups excluding carboxylic acids is 1. The van der Waals surface area contributed by atoms with Crippen LogP contribution < -0.4 is 5.32 Å². The van der Waals surface area contributed by atoms with E-state index in [1.54, 1.807) is 6.07 Å². The molecule has 5 nitrogen and oxygen atoms in total. The molecule has 18 heavy (non-hydrogen) atoms. The lowest BCUT2D eigenvalue weighted by atomic mass is 10.2. The van der Waals surface area contributed by atoms with Crippen LogP contribution >= 0.6 is 15.9 Å². The van der Waals surface area contributed by atoms with Crippen LogP contribution in [0.5, 0.6) is 0 Å². The van der Waals surface area contributed by atoms with E-state index in [2.05, 4.69) is 28.2 Å². The smallest absolute Gasteiger partial charge is 0.284 e. The van der Waals surface area contributed by atoms with Gasteiger partial charge in [0.1, 0.15) is 0 Å². The summed E-state index contributed by atoms with van der Waals surface area (Å²) in [6.45, 7) is 2.68. The number of nitro benzene ring substituents is 1. The summed E-state index contributed by atoms with van der Waals surface area (Å²) in [6, 6.07) is 4.35. The molecule has 0 bridgehead atoms. The van der Waals surface area contributed by atoms with E-state index in [4.69, 9.17) is 0 Å². The van der Waals surface area contributed by atoms with Crippen LogP contribution in [0.1, 0.15) is 36.5 Å². The quantitative estimate of drug-likeness (QED) is 0.497. The van der Waals surface area contributed by atoms with Gasteiger partial charge >= 0.3 is 0 Å². The van der Waals surface area contributed by atoms with Crippen LogP contribution in [0.15, 0.2) is 22.7 Å². The van der Waals surface area contributed by atoms with Gasteiger partial charge in [0.05, 0.1) is 9.40 Å². The molecule has 0 aliphatic carbocycles. The van der Waals surface area contributed by atoms with Gasteiger partial charge in [-0.1, -0.05) is 19.8 Å². The van der Waals surface area contributed by atoms with E-state index in [9.17, 15) is 14.9 Å². The molecule has 98 valence electrons. The van der Waals surface area contributed by atoms with E-state index in [-0.39, 0.29) is 11.6 Å². The third-order valence-electron chi connectivity index (χ3n) is 2.47.